The quantitative estimate of drug-likeness (QED) is 0.495. The number of hydrogen-bond donors (Lipinski definition) is 2. The number of rotatable bonds is 4. The van der Waals surface area contributed by atoms with Gasteiger partial charge in [0, 0.05) is 39.4 Å². The highest BCUT2D eigenvalue weighted by molar-refractivity contribution is 5.80. The largest absolute Gasteiger partial charge is 0.419 e. The zero-order valence-corrected chi connectivity index (χ0v) is 14.4. The number of nitrogens with zero attached hydrogens (tertiary/aromatic N) is 3. The predicted octanol–water partition coefficient (Wildman–Crippen LogP) is 2.96. The lowest BCUT2D eigenvalue weighted by Crippen LogP contribution is -2.43. The van der Waals surface area contributed by atoms with E-state index in [0.29, 0.717) is 18.5 Å². The van der Waals surface area contributed by atoms with Crippen molar-refractivity contribution in [2.45, 2.75) is 31.9 Å². The van der Waals surface area contributed by atoms with Crippen molar-refractivity contribution in [3.8, 4) is 0 Å². The molecule has 2 aliphatic rings. The van der Waals surface area contributed by atoms with Crippen LogP contribution < -0.4 is 10.6 Å². The van der Waals surface area contributed by atoms with Gasteiger partial charge in [-0.05, 0) is 36.8 Å². The first-order valence-corrected chi connectivity index (χ1v) is 8.65. The van der Waals surface area contributed by atoms with Crippen molar-refractivity contribution >= 4 is 11.8 Å². The SMILES string of the molecule is CN=C(NCCNc1ncccc1C(F)(F)F)N1CCC2(CCC2)C1. The summed E-state index contributed by atoms with van der Waals surface area (Å²) in [5.74, 6) is 0.684. The number of likely N-dealkylation sites (tertiary alicyclic amines) is 1. The van der Waals surface area contributed by atoms with Gasteiger partial charge in [-0.1, -0.05) is 6.42 Å². The summed E-state index contributed by atoms with van der Waals surface area (Å²) in [5.41, 5.74) is -0.267. The van der Waals surface area contributed by atoms with Crippen LogP contribution in [0.4, 0.5) is 19.0 Å². The zero-order chi connectivity index (χ0) is 17.9. The third-order valence-corrected chi connectivity index (χ3v) is 5.18. The molecule has 25 heavy (non-hydrogen) atoms. The van der Waals surface area contributed by atoms with E-state index in [0.717, 1.165) is 25.1 Å². The summed E-state index contributed by atoms with van der Waals surface area (Å²) in [6.45, 7) is 2.83. The molecule has 2 fully saturated rings. The lowest BCUT2D eigenvalue weighted by Gasteiger charge is -2.38. The second kappa shape index (κ2) is 7.09. The third kappa shape index (κ3) is 3.99. The molecule has 1 aromatic rings. The van der Waals surface area contributed by atoms with Gasteiger partial charge in [-0.2, -0.15) is 13.2 Å². The number of hydrogen-bond acceptors (Lipinski definition) is 3. The van der Waals surface area contributed by atoms with Crippen LogP contribution in [0.15, 0.2) is 23.3 Å². The highest BCUT2D eigenvalue weighted by Crippen LogP contribution is 2.47. The van der Waals surface area contributed by atoms with Crippen LogP contribution in [0.1, 0.15) is 31.2 Å². The molecule has 1 aliphatic carbocycles. The summed E-state index contributed by atoms with van der Waals surface area (Å²) >= 11 is 0. The lowest BCUT2D eigenvalue weighted by atomic mass is 9.68. The van der Waals surface area contributed by atoms with Crippen molar-refractivity contribution < 1.29 is 13.2 Å². The second-order valence-corrected chi connectivity index (χ2v) is 6.82. The van der Waals surface area contributed by atoms with Crippen LogP contribution in [0.25, 0.3) is 0 Å². The van der Waals surface area contributed by atoms with E-state index in [9.17, 15) is 13.2 Å². The molecule has 1 aliphatic heterocycles. The number of halogens is 3. The zero-order valence-electron chi connectivity index (χ0n) is 14.4. The fraction of sp³-hybridized carbons (Fsp3) is 0.647. The monoisotopic (exact) mass is 355 g/mol. The van der Waals surface area contributed by atoms with Crippen LogP contribution in [-0.2, 0) is 6.18 Å². The van der Waals surface area contributed by atoms with E-state index < -0.39 is 11.7 Å². The van der Waals surface area contributed by atoms with Crippen molar-refractivity contribution in [3.63, 3.8) is 0 Å². The third-order valence-electron chi connectivity index (χ3n) is 5.18. The molecule has 0 atom stereocenters. The molecular formula is C17H24F3N5. The molecule has 0 unspecified atom stereocenters. The molecule has 138 valence electrons. The topological polar surface area (TPSA) is 52.6 Å². The van der Waals surface area contributed by atoms with Gasteiger partial charge in [-0.25, -0.2) is 4.98 Å². The maximum Gasteiger partial charge on any atom is 0.419 e. The van der Waals surface area contributed by atoms with Crippen LogP contribution >= 0.6 is 0 Å². The van der Waals surface area contributed by atoms with E-state index in [4.69, 9.17) is 0 Å². The maximum atomic E-state index is 12.9. The highest BCUT2D eigenvalue weighted by atomic mass is 19.4. The number of anilines is 1. The van der Waals surface area contributed by atoms with Gasteiger partial charge in [-0.3, -0.25) is 4.99 Å². The summed E-state index contributed by atoms with van der Waals surface area (Å²) in [6, 6.07) is 2.32. The first kappa shape index (κ1) is 17.8. The van der Waals surface area contributed by atoms with Crippen LogP contribution in [0, 0.1) is 5.41 Å². The van der Waals surface area contributed by atoms with E-state index in [-0.39, 0.29) is 5.82 Å². The number of aromatic nitrogens is 1. The first-order valence-electron chi connectivity index (χ1n) is 8.65. The Kier molecular flexibility index (Phi) is 5.06. The van der Waals surface area contributed by atoms with Crippen molar-refractivity contribution in [1.29, 1.82) is 0 Å². The Morgan fingerprint density at radius 1 is 1.32 bits per heavy atom. The minimum atomic E-state index is -4.41. The van der Waals surface area contributed by atoms with Gasteiger partial charge < -0.3 is 15.5 Å². The van der Waals surface area contributed by atoms with Crippen LogP contribution in [-0.4, -0.2) is 49.1 Å². The molecule has 0 bridgehead atoms. The molecular weight excluding hydrogens is 331 g/mol. The van der Waals surface area contributed by atoms with Gasteiger partial charge in [-0.15, -0.1) is 0 Å². The van der Waals surface area contributed by atoms with E-state index in [1.54, 1.807) is 7.05 Å². The highest BCUT2D eigenvalue weighted by Gasteiger charge is 2.43. The average Bonchev–Trinajstić information content (AvgIpc) is 3.00. The Bertz CT molecular complexity index is 625. The number of alkyl halides is 3. The Balaban J connectivity index is 1.48. The molecule has 5 nitrogen and oxygen atoms in total. The summed E-state index contributed by atoms with van der Waals surface area (Å²) in [7, 11) is 1.74. The van der Waals surface area contributed by atoms with Crippen molar-refractivity contribution in [3.05, 3.63) is 23.9 Å². The Morgan fingerprint density at radius 2 is 2.12 bits per heavy atom. The Hall–Kier alpha value is -1.99. The molecule has 1 saturated carbocycles. The van der Waals surface area contributed by atoms with Gasteiger partial charge in [0.1, 0.15) is 5.82 Å². The molecule has 0 aromatic carbocycles. The van der Waals surface area contributed by atoms with E-state index >= 15 is 0 Å². The molecule has 0 radical (unpaired) electrons. The molecule has 3 rings (SSSR count). The first-order chi connectivity index (χ1) is 11.9. The number of aliphatic imine (C=N–C) groups is 1. The van der Waals surface area contributed by atoms with E-state index in [1.807, 2.05) is 0 Å². The minimum absolute atomic E-state index is 0.138. The molecule has 1 spiro atoms. The van der Waals surface area contributed by atoms with Crippen molar-refractivity contribution in [1.82, 2.24) is 15.2 Å². The molecule has 1 aromatic heterocycles. The standard InChI is InChI=1S/C17H24F3N5/c1-21-15(25-11-7-16(12-25)5-3-6-16)24-10-9-23-14-13(17(18,19)20)4-2-8-22-14/h2,4,8H,3,5-7,9-12H2,1H3,(H,21,24)(H,22,23). The van der Waals surface area contributed by atoms with Crippen molar-refractivity contribution in [2.24, 2.45) is 10.4 Å². The van der Waals surface area contributed by atoms with Gasteiger partial charge in [0.15, 0.2) is 5.96 Å². The molecule has 1 saturated heterocycles. The van der Waals surface area contributed by atoms with Gasteiger partial charge in [0.05, 0.1) is 5.56 Å². The van der Waals surface area contributed by atoms with Crippen LogP contribution in [0.3, 0.4) is 0 Å². The molecule has 2 N–H and O–H groups in total. The number of guanidine groups is 1. The Morgan fingerprint density at radius 3 is 2.72 bits per heavy atom. The van der Waals surface area contributed by atoms with Crippen LogP contribution in [0.2, 0.25) is 0 Å². The molecule has 0 amide bonds. The molecule has 8 heteroatoms. The summed E-state index contributed by atoms with van der Waals surface area (Å²) in [6.07, 6.45) is 2.05. The summed E-state index contributed by atoms with van der Waals surface area (Å²) in [5, 5.41) is 5.99. The molecule has 2 heterocycles. The van der Waals surface area contributed by atoms with Gasteiger partial charge in [0.2, 0.25) is 0 Å². The smallest absolute Gasteiger partial charge is 0.368 e. The predicted molar refractivity (Wildman–Crippen MR) is 91.6 cm³/mol. The van der Waals surface area contributed by atoms with Gasteiger partial charge in [0.25, 0.3) is 0 Å². The second-order valence-electron chi connectivity index (χ2n) is 6.82. The number of pyridine rings is 1. The maximum absolute atomic E-state index is 12.9. The minimum Gasteiger partial charge on any atom is -0.368 e. The van der Waals surface area contributed by atoms with E-state index in [1.165, 1.54) is 37.9 Å². The lowest BCUT2D eigenvalue weighted by molar-refractivity contribution is -0.137. The fourth-order valence-electron chi connectivity index (χ4n) is 3.66. The normalized spacial score (nSPS) is 19.8. The van der Waals surface area contributed by atoms with Gasteiger partial charge >= 0.3 is 6.18 Å². The fourth-order valence-corrected chi connectivity index (χ4v) is 3.66. The summed E-state index contributed by atoms with van der Waals surface area (Å²) < 4.78 is 38.8. The van der Waals surface area contributed by atoms with E-state index in [2.05, 4.69) is 25.5 Å². The van der Waals surface area contributed by atoms with Crippen LogP contribution in [0.5, 0.6) is 0 Å². The average molecular weight is 355 g/mol. The Labute approximate surface area is 145 Å². The number of nitrogens with one attached hydrogen (secondary N) is 2. The summed E-state index contributed by atoms with van der Waals surface area (Å²) in [4.78, 5) is 10.4. The van der Waals surface area contributed by atoms with Crippen molar-refractivity contribution in [2.75, 3.05) is 38.5 Å².